The van der Waals surface area contributed by atoms with Crippen LogP contribution in [0.3, 0.4) is 0 Å². The van der Waals surface area contributed by atoms with E-state index in [-0.39, 0.29) is 6.61 Å². The van der Waals surface area contributed by atoms with Gasteiger partial charge in [-0.25, -0.2) is 4.79 Å². The summed E-state index contributed by atoms with van der Waals surface area (Å²) in [6.07, 6.45) is -1.53. The Labute approximate surface area is 106 Å². The van der Waals surface area contributed by atoms with E-state index in [9.17, 15) is 4.79 Å². The first-order valence-corrected chi connectivity index (χ1v) is 5.99. The SMILES string of the molecule is COC(C)(C)OC[C@H]1OC(=O)[C@@H]2OC(C)(C)O[C@H]12. The molecule has 0 radical (unpaired) electrons. The fourth-order valence-corrected chi connectivity index (χ4v) is 2.00. The largest absolute Gasteiger partial charge is 0.455 e. The molecule has 0 N–H and O–H groups in total. The molecule has 0 saturated carbocycles. The van der Waals surface area contributed by atoms with Gasteiger partial charge in [-0.05, 0) is 27.7 Å². The van der Waals surface area contributed by atoms with Gasteiger partial charge in [0.05, 0.1) is 6.61 Å². The lowest BCUT2D eigenvalue weighted by Gasteiger charge is -2.26. The van der Waals surface area contributed by atoms with Gasteiger partial charge in [-0.2, -0.15) is 0 Å². The highest BCUT2D eigenvalue weighted by molar-refractivity contribution is 5.78. The van der Waals surface area contributed by atoms with Crippen LogP contribution in [-0.4, -0.2) is 49.6 Å². The maximum atomic E-state index is 11.6. The van der Waals surface area contributed by atoms with Crippen LogP contribution in [0.4, 0.5) is 0 Å². The van der Waals surface area contributed by atoms with Gasteiger partial charge in [0, 0.05) is 7.11 Å². The zero-order valence-corrected chi connectivity index (χ0v) is 11.4. The predicted octanol–water partition coefficient (Wildman–Crippen LogP) is 0.831. The Balaban J connectivity index is 1.97. The average molecular weight is 260 g/mol. The molecule has 0 aromatic rings. The Kier molecular flexibility index (Phi) is 3.40. The Hall–Kier alpha value is -0.690. The smallest absolute Gasteiger partial charge is 0.338 e. The number of methoxy groups -OCH3 is 1. The number of ether oxygens (including phenoxy) is 5. The van der Waals surface area contributed by atoms with Crippen molar-refractivity contribution in [1.82, 2.24) is 0 Å². The molecular formula is C12H20O6. The lowest BCUT2D eigenvalue weighted by molar-refractivity contribution is -0.224. The van der Waals surface area contributed by atoms with Crippen molar-refractivity contribution in [3.05, 3.63) is 0 Å². The molecule has 2 fully saturated rings. The number of fused-ring (bicyclic) bond motifs is 1. The van der Waals surface area contributed by atoms with E-state index in [0.717, 1.165) is 0 Å². The minimum Gasteiger partial charge on any atom is -0.455 e. The van der Waals surface area contributed by atoms with Gasteiger partial charge < -0.3 is 23.7 Å². The quantitative estimate of drug-likeness (QED) is 0.551. The van der Waals surface area contributed by atoms with Crippen LogP contribution in [0, 0.1) is 0 Å². The van der Waals surface area contributed by atoms with Crippen molar-refractivity contribution < 1.29 is 28.5 Å². The van der Waals surface area contributed by atoms with Gasteiger partial charge in [0.2, 0.25) is 0 Å². The molecule has 0 amide bonds. The van der Waals surface area contributed by atoms with Crippen LogP contribution in [0.25, 0.3) is 0 Å². The molecule has 0 spiro atoms. The van der Waals surface area contributed by atoms with Gasteiger partial charge in [0.1, 0.15) is 6.10 Å². The molecule has 0 unspecified atom stereocenters. The van der Waals surface area contributed by atoms with E-state index in [1.54, 1.807) is 34.8 Å². The summed E-state index contributed by atoms with van der Waals surface area (Å²) in [7, 11) is 1.56. The normalized spacial score (nSPS) is 34.5. The Morgan fingerprint density at radius 1 is 1.33 bits per heavy atom. The topological polar surface area (TPSA) is 63.2 Å². The number of hydrogen-bond donors (Lipinski definition) is 0. The number of carbonyl (C=O) groups excluding carboxylic acids is 1. The summed E-state index contributed by atoms with van der Waals surface area (Å²) in [5.41, 5.74) is 0. The zero-order valence-electron chi connectivity index (χ0n) is 11.4. The van der Waals surface area contributed by atoms with E-state index < -0.39 is 35.9 Å². The van der Waals surface area contributed by atoms with Crippen molar-refractivity contribution in [1.29, 1.82) is 0 Å². The maximum Gasteiger partial charge on any atom is 0.338 e. The monoisotopic (exact) mass is 260 g/mol. The minimum absolute atomic E-state index is 0.215. The third kappa shape index (κ3) is 2.66. The Bertz CT molecular complexity index is 337. The summed E-state index contributed by atoms with van der Waals surface area (Å²) in [5, 5.41) is 0. The van der Waals surface area contributed by atoms with E-state index in [4.69, 9.17) is 23.7 Å². The number of rotatable bonds is 4. The van der Waals surface area contributed by atoms with Gasteiger partial charge in [0.25, 0.3) is 0 Å². The standard InChI is InChI=1S/C12H20O6/c1-11(2,14-5)15-6-7-8-9(10(13)16-7)18-12(3,4)17-8/h7-9H,6H2,1-5H3/t7-,8-,9-/m1/s1. The predicted molar refractivity (Wildman–Crippen MR) is 60.7 cm³/mol. The lowest BCUT2D eigenvalue weighted by atomic mass is 10.1. The van der Waals surface area contributed by atoms with Gasteiger partial charge in [0.15, 0.2) is 23.8 Å². The van der Waals surface area contributed by atoms with E-state index in [2.05, 4.69) is 0 Å². The van der Waals surface area contributed by atoms with Crippen molar-refractivity contribution in [2.45, 2.75) is 57.6 Å². The minimum atomic E-state index is -0.760. The van der Waals surface area contributed by atoms with Crippen LogP contribution in [0.2, 0.25) is 0 Å². The van der Waals surface area contributed by atoms with Crippen molar-refractivity contribution in [2.24, 2.45) is 0 Å². The van der Waals surface area contributed by atoms with Crippen LogP contribution in [0.5, 0.6) is 0 Å². The fraction of sp³-hybridized carbons (Fsp3) is 0.917. The second kappa shape index (κ2) is 4.45. The lowest BCUT2D eigenvalue weighted by Crippen LogP contribution is -2.37. The number of cyclic esters (lactones) is 1. The van der Waals surface area contributed by atoms with Gasteiger partial charge in [-0.1, -0.05) is 0 Å². The molecule has 6 nitrogen and oxygen atoms in total. The van der Waals surface area contributed by atoms with Crippen molar-refractivity contribution in [3.8, 4) is 0 Å². The van der Waals surface area contributed by atoms with Crippen molar-refractivity contribution in [2.75, 3.05) is 13.7 Å². The maximum absolute atomic E-state index is 11.6. The first-order chi connectivity index (χ1) is 8.24. The van der Waals surface area contributed by atoms with Crippen molar-refractivity contribution in [3.63, 3.8) is 0 Å². The van der Waals surface area contributed by atoms with Gasteiger partial charge in [-0.15, -0.1) is 0 Å². The number of carbonyl (C=O) groups is 1. The molecule has 3 atom stereocenters. The van der Waals surface area contributed by atoms with Crippen LogP contribution in [0.1, 0.15) is 27.7 Å². The summed E-state index contributed by atoms with van der Waals surface area (Å²) in [5.74, 6) is -1.88. The third-order valence-electron chi connectivity index (χ3n) is 3.08. The molecule has 2 heterocycles. The highest BCUT2D eigenvalue weighted by Gasteiger charge is 2.56. The van der Waals surface area contributed by atoms with Crippen LogP contribution >= 0.6 is 0 Å². The summed E-state index contributed by atoms with van der Waals surface area (Å²) < 4.78 is 27.0. The van der Waals surface area contributed by atoms with Crippen LogP contribution in [0.15, 0.2) is 0 Å². The third-order valence-corrected chi connectivity index (χ3v) is 3.08. The molecule has 0 aromatic heterocycles. The summed E-state index contributed by atoms with van der Waals surface area (Å²) in [4.78, 5) is 11.6. The van der Waals surface area contributed by atoms with Crippen molar-refractivity contribution >= 4 is 5.97 Å². The van der Waals surface area contributed by atoms with Crippen LogP contribution < -0.4 is 0 Å². The van der Waals surface area contributed by atoms with E-state index in [1.165, 1.54) is 0 Å². The average Bonchev–Trinajstić information content (AvgIpc) is 2.72. The molecule has 2 aliphatic heterocycles. The first kappa shape index (κ1) is 13.7. The Morgan fingerprint density at radius 2 is 2.00 bits per heavy atom. The van der Waals surface area contributed by atoms with Gasteiger partial charge in [-0.3, -0.25) is 0 Å². The summed E-state index contributed by atoms with van der Waals surface area (Å²) >= 11 is 0. The molecule has 0 aromatic carbocycles. The number of hydrogen-bond acceptors (Lipinski definition) is 6. The molecule has 18 heavy (non-hydrogen) atoms. The van der Waals surface area contributed by atoms with E-state index in [1.807, 2.05) is 0 Å². The molecular weight excluding hydrogens is 240 g/mol. The molecule has 0 bridgehead atoms. The van der Waals surface area contributed by atoms with Crippen LogP contribution in [-0.2, 0) is 28.5 Å². The zero-order chi connectivity index (χ0) is 13.6. The summed E-state index contributed by atoms with van der Waals surface area (Å²) in [6, 6.07) is 0. The second-order valence-electron chi connectivity index (χ2n) is 5.41. The summed E-state index contributed by atoms with van der Waals surface area (Å²) in [6.45, 7) is 7.34. The second-order valence-corrected chi connectivity index (χ2v) is 5.41. The number of esters is 1. The molecule has 104 valence electrons. The van der Waals surface area contributed by atoms with E-state index >= 15 is 0 Å². The molecule has 2 rings (SSSR count). The van der Waals surface area contributed by atoms with Gasteiger partial charge >= 0.3 is 5.97 Å². The molecule has 2 aliphatic rings. The molecule has 2 saturated heterocycles. The molecule has 6 heteroatoms. The fourth-order valence-electron chi connectivity index (χ4n) is 2.00. The highest BCUT2D eigenvalue weighted by atomic mass is 16.8. The molecule has 0 aliphatic carbocycles. The Morgan fingerprint density at radius 3 is 2.61 bits per heavy atom. The first-order valence-electron chi connectivity index (χ1n) is 5.99. The highest BCUT2D eigenvalue weighted by Crippen LogP contribution is 2.36. The van der Waals surface area contributed by atoms with E-state index in [0.29, 0.717) is 0 Å².